The predicted octanol–water partition coefficient (Wildman–Crippen LogP) is 2.12. The molecule has 3 rings (SSSR count). The Morgan fingerprint density at radius 3 is 2.92 bits per heavy atom. The van der Waals surface area contributed by atoms with E-state index < -0.39 is 10.8 Å². The van der Waals surface area contributed by atoms with Crippen molar-refractivity contribution in [3.05, 3.63) is 69.8 Å². The lowest BCUT2D eigenvalue weighted by atomic mass is 10.1. The molecular formula is C15H14N6O3. The fourth-order valence-electron chi connectivity index (χ4n) is 2.26. The van der Waals surface area contributed by atoms with Crippen molar-refractivity contribution in [2.75, 3.05) is 5.32 Å². The number of carbonyl (C=O) groups is 1. The van der Waals surface area contributed by atoms with Gasteiger partial charge < -0.3 is 5.32 Å². The van der Waals surface area contributed by atoms with Gasteiger partial charge in [-0.2, -0.15) is 10.2 Å². The molecule has 0 saturated carbocycles. The van der Waals surface area contributed by atoms with Crippen molar-refractivity contribution in [1.29, 1.82) is 0 Å². The SMILES string of the molecule is Cc1ccccc1Cn1cc(NC(=O)c2[nH]ncc2[N+](=O)[O-])cn1. The highest BCUT2D eigenvalue weighted by Crippen LogP contribution is 2.17. The Balaban J connectivity index is 1.72. The summed E-state index contributed by atoms with van der Waals surface area (Å²) in [6.45, 7) is 2.58. The lowest BCUT2D eigenvalue weighted by Crippen LogP contribution is -2.13. The Morgan fingerprint density at radius 1 is 1.38 bits per heavy atom. The second-order valence-corrected chi connectivity index (χ2v) is 5.19. The van der Waals surface area contributed by atoms with E-state index in [1.165, 1.54) is 6.20 Å². The minimum absolute atomic E-state index is 0.202. The third-order valence-electron chi connectivity index (χ3n) is 3.53. The summed E-state index contributed by atoms with van der Waals surface area (Å²) in [4.78, 5) is 22.3. The number of nitrogens with zero attached hydrogens (tertiary/aromatic N) is 4. The van der Waals surface area contributed by atoms with E-state index in [4.69, 9.17) is 0 Å². The van der Waals surface area contributed by atoms with E-state index in [0.29, 0.717) is 12.2 Å². The maximum Gasteiger partial charge on any atom is 0.319 e. The number of benzene rings is 1. The molecular weight excluding hydrogens is 312 g/mol. The van der Waals surface area contributed by atoms with Gasteiger partial charge in [0.2, 0.25) is 5.69 Å². The molecule has 0 unspecified atom stereocenters. The normalized spacial score (nSPS) is 10.5. The smallest absolute Gasteiger partial charge is 0.318 e. The zero-order valence-corrected chi connectivity index (χ0v) is 12.8. The summed E-state index contributed by atoms with van der Waals surface area (Å²) in [5, 5.41) is 23.4. The number of nitro groups is 1. The van der Waals surface area contributed by atoms with E-state index in [2.05, 4.69) is 20.6 Å². The molecule has 0 saturated heterocycles. The number of aromatic amines is 1. The van der Waals surface area contributed by atoms with Crippen molar-refractivity contribution in [1.82, 2.24) is 20.0 Å². The summed E-state index contributed by atoms with van der Waals surface area (Å²) in [6.07, 6.45) is 4.14. The van der Waals surface area contributed by atoms with Crippen LogP contribution in [0.4, 0.5) is 11.4 Å². The first kappa shape index (κ1) is 15.4. The average Bonchev–Trinajstić information content (AvgIpc) is 3.19. The van der Waals surface area contributed by atoms with Crippen molar-refractivity contribution in [3.63, 3.8) is 0 Å². The average molecular weight is 326 g/mol. The molecule has 9 heteroatoms. The van der Waals surface area contributed by atoms with E-state index in [9.17, 15) is 14.9 Å². The Kier molecular flexibility index (Phi) is 4.06. The maximum absolute atomic E-state index is 12.1. The third-order valence-corrected chi connectivity index (χ3v) is 3.53. The number of rotatable bonds is 5. The first-order valence-corrected chi connectivity index (χ1v) is 7.10. The Morgan fingerprint density at radius 2 is 2.17 bits per heavy atom. The monoisotopic (exact) mass is 326 g/mol. The van der Waals surface area contributed by atoms with Crippen molar-refractivity contribution in [2.45, 2.75) is 13.5 Å². The number of amides is 1. The Labute approximate surface area is 136 Å². The van der Waals surface area contributed by atoms with Gasteiger partial charge in [0.25, 0.3) is 5.91 Å². The molecule has 9 nitrogen and oxygen atoms in total. The molecule has 0 aliphatic heterocycles. The highest BCUT2D eigenvalue weighted by molar-refractivity contribution is 6.05. The van der Waals surface area contributed by atoms with Gasteiger partial charge in [0.05, 0.1) is 23.4 Å². The summed E-state index contributed by atoms with van der Waals surface area (Å²) in [6, 6.07) is 7.93. The molecule has 122 valence electrons. The summed E-state index contributed by atoms with van der Waals surface area (Å²) in [7, 11) is 0. The molecule has 0 aliphatic rings. The van der Waals surface area contributed by atoms with E-state index in [1.807, 2.05) is 31.2 Å². The number of anilines is 1. The highest BCUT2D eigenvalue weighted by atomic mass is 16.6. The topological polar surface area (TPSA) is 119 Å². The van der Waals surface area contributed by atoms with Crippen LogP contribution in [-0.2, 0) is 6.54 Å². The van der Waals surface area contributed by atoms with Crippen LogP contribution < -0.4 is 5.32 Å². The molecule has 0 aliphatic carbocycles. The van der Waals surface area contributed by atoms with Gasteiger partial charge in [-0.15, -0.1) is 0 Å². The number of H-pyrrole nitrogens is 1. The van der Waals surface area contributed by atoms with Gasteiger partial charge in [-0.25, -0.2) is 0 Å². The number of hydrogen-bond acceptors (Lipinski definition) is 5. The zero-order chi connectivity index (χ0) is 17.1. The van der Waals surface area contributed by atoms with Crippen LogP contribution in [0.2, 0.25) is 0 Å². The van der Waals surface area contributed by atoms with Crippen LogP contribution in [0.25, 0.3) is 0 Å². The van der Waals surface area contributed by atoms with E-state index in [0.717, 1.165) is 17.3 Å². The van der Waals surface area contributed by atoms with Gasteiger partial charge in [0, 0.05) is 6.20 Å². The summed E-state index contributed by atoms with van der Waals surface area (Å²) >= 11 is 0. The molecule has 0 bridgehead atoms. The van der Waals surface area contributed by atoms with Gasteiger partial charge in [-0.05, 0) is 18.1 Å². The molecule has 2 N–H and O–H groups in total. The quantitative estimate of drug-likeness (QED) is 0.550. The van der Waals surface area contributed by atoms with Crippen molar-refractivity contribution >= 4 is 17.3 Å². The number of hydrogen-bond donors (Lipinski definition) is 2. The summed E-state index contributed by atoms with van der Waals surface area (Å²) in [5.41, 5.74) is 2.12. The first-order valence-electron chi connectivity index (χ1n) is 7.10. The Bertz CT molecular complexity index is 898. The molecule has 0 radical (unpaired) electrons. The molecule has 3 aromatic rings. The van der Waals surface area contributed by atoms with Crippen LogP contribution in [0.15, 0.2) is 42.9 Å². The van der Waals surface area contributed by atoms with Gasteiger partial charge in [-0.3, -0.25) is 24.7 Å². The minimum atomic E-state index is -0.667. The standard InChI is InChI=1S/C15H14N6O3/c1-10-4-2-3-5-11(10)8-20-9-12(6-17-20)18-15(22)14-13(21(23)24)7-16-19-14/h2-7,9H,8H2,1H3,(H,16,19)(H,18,22). The van der Waals surface area contributed by atoms with Crippen LogP contribution in [0.3, 0.4) is 0 Å². The zero-order valence-electron chi connectivity index (χ0n) is 12.8. The number of aryl methyl sites for hydroxylation is 1. The predicted molar refractivity (Wildman–Crippen MR) is 85.7 cm³/mol. The van der Waals surface area contributed by atoms with Crippen LogP contribution in [0.1, 0.15) is 21.6 Å². The maximum atomic E-state index is 12.1. The molecule has 2 aromatic heterocycles. The van der Waals surface area contributed by atoms with Crippen molar-refractivity contribution < 1.29 is 9.72 Å². The van der Waals surface area contributed by atoms with Gasteiger partial charge >= 0.3 is 5.69 Å². The molecule has 1 amide bonds. The summed E-state index contributed by atoms with van der Waals surface area (Å²) < 4.78 is 1.68. The second-order valence-electron chi connectivity index (χ2n) is 5.19. The minimum Gasteiger partial charge on any atom is -0.318 e. The van der Waals surface area contributed by atoms with Crippen LogP contribution in [0.5, 0.6) is 0 Å². The Hall–Kier alpha value is -3.49. The van der Waals surface area contributed by atoms with Crippen LogP contribution in [0, 0.1) is 17.0 Å². The second kappa shape index (κ2) is 6.32. The van der Waals surface area contributed by atoms with E-state index in [1.54, 1.807) is 10.9 Å². The van der Waals surface area contributed by atoms with Crippen molar-refractivity contribution in [2.24, 2.45) is 0 Å². The first-order chi connectivity index (χ1) is 11.5. The van der Waals surface area contributed by atoms with Crippen LogP contribution >= 0.6 is 0 Å². The fourth-order valence-corrected chi connectivity index (χ4v) is 2.26. The van der Waals surface area contributed by atoms with E-state index >= 15 is 0 Å². The van der Waals surface area contributed by atoms with Crippen LogP contribution in [-0.4, -0.2) is 30.8 Å². The highest BCUT2D eigenvalue weighted by Gasteiger charge is 2.23. The fraction of sp³-hybridized carbons (Fsp3) is 0.133. The van der Waals surface area contributed by atoms with Crippen molar-refractivity contribution in [3.8, 4) is 0 Å². The molecule has 0 spiro atoms. The van der Waals surface area contributed by atoms with Gasteiger partial charge in [0.15, 0.2) is 0 Å². The molecule has 24 heavy (non-hydrogen) atoms. The molecule has 0 fully saturated rings. The lowest BCUT2D eigenvalue weighted by Gasteiger charge is -2.05. The molecule has 1 aromatic carbocycles. The summed E-state index contributed by atoms with van der Waals surface area (Å²) in [5.74, 6) is -0.644. The number of nitrogens with one attached hydrogen (secondary N) is 2. The third kappa shape index (κ3) is 3.14. The van der Waals surface area contributed by atoms with E-state index in [-0.39, 0.29) is 11.4 Å². The number of carbonyl (C=O) groups excluding carboxylic acids is 1. The van der Waals surface area contributed by atoms with Gasteiger partial charge in [-0.1, -0.05) is 24.3 Å². The number of aromatic nitrogens is 4. The largest absolute Gasteiger partial charge is 0.319 e. The molecule has 0 atom stereocenters. The van der Waals surface area contributed by atoms with Gasteiger partial charge in [0.1, 0.15) is 6.20 Å². The molecule has 2 heterocycles. The lowest BCUT2D eigenvalue weighted by molar-refractivity contribution is -0.385.